The van der Waals surface area contributed by atoms with Gasteiger partial charge in [-0.25, -0.2) is 0 Å². The van der Waals surface area contributed by atoms with Crippen LogP contribution in [0.25, 0.3) is 0 Å². The average molecular weight is 259 g/mol. The number of hydrogen-bond acceptors (Lipinski definition) is 2. The molecule has 0 radical (unpaired) electrons. The number of nitrogens with zero attached hydrogens (tertiary/aromatic N) is 1. The molecule has 16 heavy (non-hydrogen) atoms. The number of rotatable bonds is 1. The van der Waals surface area contributed by atoms with Crippen molar-refractivity contribution in [1.29, 1.82) is 0 Å². The number of benzene rings is 1. The van der Waals surface area contributed by atoms with Crippen LogP contribution in [0.3, 0.4) is 0 Å². The SMILES string of the molecule is Cc1cc(Cl)c(N2CCC(N)CC2)cc1Cl. The maximum absolute atomic E-state index is 6.24. The van der Waals surface area contributed by atoms with Gasteiger partial charge in [0.25, 0.3) is 0 Å². The van der Waals surface area contributed by atoms with E-state index in [0.29, 0.717) is 6.04 Å². The van der Waals surface area contributed by atoms with Crippen molar-refractivity contribution in [1.82, 2.24) is 0 Å². The molecule has 1 saturated heterocycles. The highest BCUT2D eigenvalue weighted by Crippen LogP contribution is 2.32. The summed E-state index contributed by atoms with van der Waals surface area (Å²) in [7, 11) is 0. The molecule has 2 N–H and O–H groups in total. The van der Waals surface area contributed by atoms with E-state index in [4.69, 9.17) is 28.9 Å². The molecule has 1 aliphatic rings. The van der Waals surface area contributed by atoms with Crippen molar-refractivity contribution in [2.75, 3.05) is 18.0 Å². The van der Waals surface area contributed by atoms with Crippen molar-refractivity contribution in [2.45, 2.75) is 25.8 Å². The predicted octanol–water partition coefficient (Wildman–Crippen LogP) is 3.23. The van der Waals surface area contributed by atoms with Gasteiger partial charge < -0.3 is 10.6 Å². The van der Waals surface area contributed by atoms with Crippen LogP contribution in [-0.2, 0) is 0 Å². The van der Waals surface area contributed by atoms with Gasteiger partial charge in [-0.05, 0) is 37.5 Å². The molecule has 2 rings (SSSR count). The van der Waals surface area contributed by atoms with Gasteiger partial charge in [0.1, 0.15) is 0 Å². The Labute approximate surface area is 106 Å². The predicted molar refractivity (Wildman–Crippen MR) is 70.6 cm³/mol. The Hall–Kier alpha value is -0.440. The van der Waals surface area contributed by atoms with E-state index < -0.39 is 0 Å². The van der Waals surface area contributed by atoms with Crippen molar-refractivity contribution < 1.29 is 0 Å². The molecule has 88 valence electrons. The largest absolute Gasteiger partial charge is 0.370 e. The van der Waals surface area contributed by atoms with Crippen molar-refractivity contribution in [3.05, 3.63) is 27.7 Å². The third-order valence-corrected chi connectivity index (χ3v) is 3.82. The first-order valence-corrected chi connectivity index (χ1v) is 6.29. The van der Waals surface area contributed by atoms with E-state index in [1.165, 1.54) is 0 Å². The molecule has 0 amide bonds. The molecule has 0 unspecified atom stereocenters. The number of piperidine rings is 1. The number of halogens is 2. The van der Waals surface area contributed by atoms with Crippen molar-refractivity contribution in [3.8, 4) is 0 Å². The van der Waals surface area contributed by atoms with Crippen LogP contribution in [0.4, 0.5) is 5.69 Å². The fourth-order valence-electron chi connectivity index (χ4n) is 2.02. The zero-order valence-electron chi connectivity index (χ0n) is 9.34. The van der Waals surface area contributed by atoms with Crippen LogP contribution < -0.4 is 10.6 Å². The molecule has 0 aromatic heterocycles. The molecule has 0 aliphatic carbocycles. The van der Waals surface area contributed by atoms with E-state index in [1.54, 1.807) is 0 Å². The summed E-state index contributed by atoms with van der Waals surface area (Å²) in [6, 6.07) is 4.21. The molecule has 0 spiro atoms. The monoisotopic (exact) mass is 258 g/mol. The average Bonchev–Trinajstić information content (AvgIpc) is 2.25. The van der Waals surface area contributed by atoms with Crippen LogP contribution >= 0.6 is 23.2 Å². The van der Waals surface area contributed by atoms with Gasteiger partial charge in [0.2, 0.25) is 0 Å². The first kappa shape index (κ1) is 12.0. The molecule has 0 bridgehead atoms. The van der Waals surface area contributed by atoms with Gasteiger partial charge in [-0.3, -0.25) is 0 Å². The molecule has 1 heterocycles. The Bertz CT molecular complexity index is 385. The third kappa shape index (κ3) is 2.45. The van der Waals surface area contributed by atoms with Gasteiger partial charge in [0.05, 0.1) is 10.7 Å². The topological polar surface area (TPSA) is 29.3 Å². The molecule has 1 fully saturated rings. The minimum Gasteiger partial charge on any atom is -0.370 e. The highest BCUT2D eigenvalue weighted by atomic mass is 35.5. The van der Waals surface area contributed by atoms with Gasteiger partial charge in [-0.2, -0.15) is 0 Å². The third-order valence-electron chi connectivity index (χ3n) is 3.11. The number of aryl methyl sites for hydroxylation is 1. The highest BCUT2D eigenvalue weighted by molar-refractivity contribution is 6.35. The minimum atomic E-state index is 0.330. The zero-order chi connectivity index (χ0) is 11.7. The molecule has 1 aromatic carbocycles. The normalized spacial score (nSPS) is 17.9. The van der Waals surface area contributed by atoms with Crippen LogP contribution in [0, 0.1) is 6.92 Å². The quantitative estimate of drug-likeness (QED) is 0.839. The van der Waals surface area contributed by atoms with E-state index in [1.807, 2.05) is 19.1 Å². The van der Waals surface area contributed by atoms with Crippen LogP contribution in [-0.4, -0.2) is 19.1 Å². The minimum absolute atomic E-state index is 0.330. The van der Waals surface area contributed by atoms with E-state index in [2.05, 4.69) is 4.90 Å². The van der Waals surface area contributed by atoms with Gasteiger partial charge in [0, 0.05) is 24.2 Å². The Morgan fingerprint density at radius 2 is 1.81 bits per heavy atom. The van der Waals surface area contributed by atoms with E-state index in [0.717, 1.165) is 47.2 Å². The Morgan fingerprint density at radius 1 is 1.19 bits per heavy atom. The van der Waals surface area contributed by atoms with Crippen LogP contribution in [0.5, 0.6) is 0 Å². The Kier molecular flexibility index (Phi) is 3.63. The molecule has 0 atom stereocenters. The standard InChI is InChI=1S/C12H16Cl2N2/c1-8-6-11(14)12(7-10(8)13)16-4-2-9(15)3-5-16/h6-7,9H,2-5,15H2,1H3. The first-order valence-electron chi connectivity index (χ1n) is 5.54. The van der Waals surface area contributed by atoms with E-state index in [9.17, 15) is 0 Å². The zero-order valence-corrected chi connectivity index (χ0v) is 10.9. The highest BCUT2D eigenvalue weighted by Gasteiger charge is 2.18. The lowest BCUT2D eigenvalue weighted by Crippen LogP contribution is -2.39. The van der Waals surface area contributed by atoms with Crippen molar-refractivity contribution in [3.63, 3.8) is 0 Å². The summed E-state index contributed by atoms with van der Waals surface area (Å²) >= 11 is 12.4. The molecule has 4 heteroatoms. The van der Waals surface area contributed by atoms with E-state index in [-0.39, 0.29) is 0 Å². The smallest absolute Gasteiger partial charge is 0.0643 e. The van der Waals surface area contributed by atoms with Gasteiger partial charge in [-0.1, -0.05) is 23.2 Å². The Morgan fingerprint density at radius 3 is 2.44 bits per heavy atom. The molecular formula is C12H16Cl2N2. The Balaban J connectivity index is 2.23. The van der Waals surface area contributed by atoms with E-state index >= 15 is 0 Å². The van der Waals surface area contributed by atoms with Gasteiger partial charge in [-0.15, -0.1) is 0 Å². The second-order valence-corrected chi connectivity index (χ2v) is 5.19. The van der Waals surface area contributed by atoms with Crippen molar-refractivity contribution >= 4 is 28.9 Å². The maximum atomic E-state index is 6.24. The van der Waals surface area contributed by atoms with Crippen LogP contribution in [0.1, 0.15) is 18.4 Å². The summed E-state index contributed by atoms with van der Waals surface area (Å²) in [6.45, 7) is 3.88. The summed E-state index contributed by atoms with van der Waals surface area (Å²) < 4.78 is 0. The maximum Gasteiger partial charge on any atom is 0.0643 e. The summed E-state index contributed by atoms with van der Waals surface area (Å²) in [5, 5.41) is 1.55. The molecule has 0 saturated carbocycles. The van der Waals surface area contributed by atoms with Gasteiger partial charge >= 0.3 is 0 Å². The van der Waals surface area contributed by atoms with Crippen LogP contribution in [0.15, 0.2) is 12.1 Å². The number of anilines is 1. The molecule has 1 aliphatic heterocycles. The molecule has 2 nitrogen and oxygen atoms in total. The molecular weight excluding hydrogens is 243 g/mol. The number of nitrogens with two attached hydrogens (primary N) is 1. The lowest BCUT2D eigenvalue weighted by Gasteiger charge is -2.32. The summed E-state index contributed by atoms with van der Waals surface area (Å²) in [5.74, 6) is 0. The van der Waals surface area contributed by atoms with Crippen LogP contribution in [0.2, 0.25) is 10.0 Å². The van der Waals surface area contributed by atoms with Crippen molar-refractivity contribution in [2.24, 2.45) is 5.73 Å². The first-order chi connectivity index (χ1) is 7.58. The fraction of sp³-hybridized carbons (Fsp3) is 0.500. The summed E-state index contributed by atoms with van der Waals surface area (Å²) in [6.07, 6.45) is 2.03. The molecule has 1 aromatic rings. The second-order valence-electron chi connectivity index (χ2n) is 4.38. The summed E-state index contributed by atoms with van der Waals surface area (Å²) in [5.41, 5.74) is 7.93. The number of hydrogen-bond donors (Lipinski definition) is 1. The van der Waals surface area contributed by atoms with Gasteiger partial charge in [0.15, 0.2) is 0 Å². The fourth-order valence-corrected chi connectivity index (χ4v) is 2.51. The summed E-state index contributed by atoms with van der Waals surface area (Å²) in [4.78, 5) is 2.26. The lowest BCUT2D eigenvalue weighted by atomic mass is 10.1. The lowest BCUT2D eigenvalue weighted by molar-refractivity contribution is 0.501. The second kappa shape index (κ2) is 4.82.